The zero-order valence-corrected chi connectivity index (χ0v) is 30.2. The lowest BCUT2D eigenvalue weighted by Gasteiger charge is -2.39. The highest BCUT2D eigenvalue weighted by molar-refractivity contribution is 5.55. The predicted octanol–water partition coefficient (Wildman–Crippen LogP) is 14.2. The average molecular weight is 957 g/mol. The lowest BCUT2D eigenvalue weighted by molar-refractivity contribution is -0.436. The number of rotatable bonds is 21. The van der Waals surface area contributed by atoms with Gasteiger partial charge in [0.1, 0.15) is 0 Å². The van der Waals surface area contributed by atoms with Crippen LogP contribution in [0.5, 0.6) is 0 Å². The Morgan fingerprint density at radius 1 is 0.355 bits per heavy atom. The first-order chi connectivity index (χ1) is 27.6. The van der Waals surface area contributed by atoms with E-state index in [9.17, 15) is 114 Å². The summed E-state index contributed by atoms with van der Waals surface area (Å²) in [5.41, 5.74) is 1.23. The summed E-state index contributed by atoms with van der Waals surface area (Å²) in [6.45, 7) is 0. The smallest absolute Gasteiger partial charge is 0.255 e. The number of aromatic nitrogens is 2. The Morgan fingerprint density at radius 2 is 0.629 bits per heavy atom. The van der Waals surface area contributed by atoms with Gasteiger partial charge in [-0.3, -0.25) is 9.97 Å². The number of unbranched alkanes of at least 4 members (excludes halogenated alkanes) is 4. The van der Waals surface area contributed by atoms with Gasteiger partial charge in [-0.1, -0.05) is 12.2 Å². The first-order valence-corrected chi connectivity index (χ1v) is 16.8. The maximum atomic E-state index is 13.9. The summed E-state index contributed by atoms with van der Waals surface area (Å²) in [4.78, 5) is 8.11. The van der Waals surface area contributed by atoms with Crippen LogP contribution < -0.4 is 0 Å². The average Bonchev–Trinajstić information content (AvgIpc) is 3.13. The van der Waals surface area contributed by atoms with Crippen LogP contribution >= 0.6 is 0 Å². The van der Waals surface area contributed by atoms with E-state index in [2.05, 4.69) is 9.97 Å². The summed E-state index contributed by atoms with van der Waals surface area (Å²) in [7, 11) is 0. The van der Waals surface area contributed by atoms with Crippen molar-refractivity contribution in [1.29, 1.82) is 0 Å². The Bertz CT molecular complexity index is 1720. The Morgan fingerprint density at radius 3 is 0.903 bits per heavy atom. The molecule has 0 bridgehead atoms. The van der Waals surface area contributed by atoms with Crippen molar-refractivity contribution < 1.29 is 114 Å². The Balaban J connectivity index is 2.00. The number of nitrogens with zero attached hydrogens (tertiary/aromatic N) is 2. The fraction of sp³-hybridized carbons (Fsp3) is 0.588. The first-order valence-electron chi connectivity index (χ1n) is 16.8. The molecule has 0 amide bonds. The van der Waals surface area contributed by atoms with Crippen molar-refractivity contribution in [2.75, 3.05) is 0 Å². The van der Waals surface area contributed by atoms with Gasteiger partial charge in [0.15, 0.2) is 0 Å². The standard InChI is InChI=1S/C34H26F26N2/c35-23(36,25(39,40)27(43,44)29(47,48)31(51,52)33(55,56)57)13-7-3-1-5-9-19-11-15-61-21(17-19)22-18-20(12-16-62-22)10-6-2-4-8-14-24(37,38)26(41,42)28(45,46)30(49,50)32(53,54)34(58,59)60/h7-8,11-18H,1-6,9-10H2/b13-7+,14-8+. The molecule has 0 unspecified atom stereocenters. The van der Waals surface area contributed by atoms with E-state index in [1.165, 1.54) is 36.7 Å². The van der Waals surface area contributed by atoms with Gasteiger partial charge in [0.25, 0.3) is 0 Å². The second-order valence-corrected chi connectivity index (χ2v) is 13.2. The van der Waals surface area contributed by atoms with Crippen LogP contribution in [0.4, 0.5) is 114 Å². The van der Waals surface area contributed by atoms with Gasteiger partial charge in [0.05, 0.1) is 11.4 Å². The molecule has 2 nitrogen and oxygen atoms in total. The highest BCUT2D eigenvalue weighted by Crippen LogP contribution is 2.62. The van der Waals surface area contributed by atoms with Crippen LogP contribution in [0.1, 0.15) is 49.7 Å². The van der Waals surface area contributed by atoms with Gasteiger partial charge in [0.2, 0.25) is 0 Å². The third kappa shape index (κ3) is 10.0. The third-order valence-corrected chi connectivity index (χ3v) is 8.65. The minimum atomic E-state index is -8.02. The van der Waals surface area contributed by atoms with E-state index in [0.717, 1.165) is 0 Å². The molecule has 0 aliphatic rings. The molecule has 2 aromatic heterocycles. The largest absolute Gasteiger partial charge is 0.460 e. The van der Waals surface area contributed by atoms with E-state index < -0.39 is 96.6 Å². The minimum Gasteiger partial charge on any atom is -0.255 e. The SMILES string of the molecule is FC(F)(F)C(F)(F)C(F)(F)C(F)(F)C(F)(F)C(F)(F)/C=C/CCCCc1ccnc(-c2cc(CCCC/C=C/C(F)(F)C(F)(F)C(F)(F)C(F)(F)C(F)(F)C(F)(F)F)ccn2)c1. The number of aryl methyl sites for hydroxylation is 2. The molecule has 0 atom stereocenters. The summed E-state index contributed by atoms with van der Waals surface area (Å²) < 4.78 is 344. The van der Waals surface area contributed by atoms with Gasteiger partial charge in [-0.15, -0.1) is 0 Å². The van der Waals surface area contributed by atoms with Crippen LogP contribution in [0, 0.1) is 0 Å². The molecule has 0 saturated carbocycles. The quantitative estimate of drug-likeness (QED) is 0.0708. The van der Waals surface area contributed by atoms with Crippen molar-refractivity contribution in [2.24, 2.45) is 0 Å². The Labute approximate surface area is 331 Å². The zero-order valence-electron chi connectivity index (χ0n) is 30.2. The van der Waals surface area contributed by atoms with Gasteiger partial charge in [0, 0.05) is 12.4 Å². The molecule has 2 aromatic rings. The van der Waals surface area contributed by atoms with E-state index in [0.29, 0.717) is 11.1 Å². The number of allylic oxidation sites excluding steroid dienone is 4. The van der Waals surface area contributed by atoms with Crippen molar-refractivity contribution in [3.05, 3.63) is 72.1 Å². The van der Waals surface area contributed by atoms with E-state index >= 15 is 0 Å². The molecule has 62 heavy (non-hydrogen) atoms. The van der Waals surface area contributed by atoms with E-state index in [1.807, 2.05) is 0 Å². The van der Waals surface area contributed by atoms with Crippen molar-refractivity contribution in [3.8, 4) is 11.4 Å². The number of pyridine rings is 2. The topological polar surface area (TPSA) is 25.8 Å². The van der Waals surface area contributed by atoms with Gasteiger partial charge >= 0.3 is 71.6 Å². The van der Waals surface area contributed by atoms with Crippen molar-refractivity contribution >= 4 is 0 Å². The third-order valence-electron chi connectivity index (χ3n) is 8.65. The van der Waals surface area contributed by atoms with Gasteiger partial charge < -0.3 is 0 Å². The molecular weight excluding hydrogens is 930 g/mol. The summed E-state index contributed by atoms with van der Waals surface area (Å²) in [6.07, 6.45) is -16.1. The number of halogens is 26. The lowest BCUT2D eigenvalue weighted by atomic mass is 9.93. The summed E-state index contributed by atoms with van der Waals surface area (Å²) in [5.74, 6) is -75.2. The maximum absolute atomic E-state index is 13.9. The monoisotopic (exact) mass is 956 g/mol. The summed E-state index contributed by atoms with van der Waals surface area (Å²) in [6, 6.07) is 5.66. The van der Waals surface area contributed by atoms with E-state index in [1.54, 1.807) is 0 Å². The Kier molecular flexibility index (Phi) is 15.6. The van der Waals surface area contributed by atoms with Gasteiger partial charge in [-0.25, -0.2) is 0 Å². The normalized spacial score (nSPS) is 15.3. The molecule has 0 aromatic carbocycles. The number of alkyl halides is 26. The van der Waals surface area contributed by atoms with Crippen LogP contribution in [-0.2, 0) is 12.8 Å². The molecule has 28 heteroatoms. The van der Waals surface area contributed by atoms with Crippen LogP contribution in [0.2, 0.25) is 0 Å². The zero-order chi connectivity index (χ0) is 48.5. The van der Waals surface area contributed by atoms with Gasteiger partial charge in [-0.05, 0) is 98.9 Å². The molecule has 0 saturated heterocycles. The van der Waals surface area contributed by atoms with Crippen molar-refractivity contribution in [3.63, 3.8) is 0 Å². The van der Waals surface area contributed by atoms with Crippen LogP contribution in [0.3, 0.4) is 0 Å². The van der Waals surface area contributed by atoms with Gasteiger partial charge in [-0.2, -0.15) is 114 Å². The van der Waals surface area contributed by atoms with Crippen LogP contribution in [-0.4, -0.2) is 81.5 Å². The van der Waals surface area contributed by atoms with E-state index in [4.69, 9.17) is 0 Å². The lowest BCUT2D eigenvalue weighted by Crippen LogP contribution is -2.69. The molecular formula is C34H26F26N2. The number of hydrogen-bond acceptors (Lipinski definition) is 2. The molecule has 0 aliphatic carbocycles. The molecule has 0 N–H and O–H groups in total. The molecule has 0 spiro atoms. The second-order valence-electron chi connectivity index (χ2n) is 13.2. The fourth-order valence-corrected chi connectivity index (χ4v) is 4.96. The fourth-order valence-electron chi connectivity index (χ4n) is 4.96. The van der Waals surface area contributed by atoms with Crippen molar-refractivity contribution in [1.82, 2.24) is 9.97 Å². The summed E-state index contributed by atoms with van der Waals surface area (Å²) >= 11 is 0. The van der Waals surface area contributed by atoms with Crippen LogP contribution in [0.25, 0.3) is 11.4 Å². The molecule has 0 radical (unpaired) electrons. The maximum Gasteiger partial charge on any atom is 0.460 e. The van der Waals surface area contributed by atoms with Crippen molar-refractivity contribution in [2.45, 2.75) is 123 Å². The molecule has 354 valence electrons. The first kappa shape index (κ1) is 54.1. The molecule has 0 aliphatic heterocycles. The highest BCUT2D eigenvalue weighted by Gasteiger charge is 2.91. The number of hydrogen-bond donors (Lipinski definition) is 0. The highest BCUT2D eigenvalue weighted by atomic mass is 19.4. The molecule has 0 fully saturated rings. The predicted molar refractivity (Wildman–Crippen MR) is 162 cm³/mol. The summed E-state index contributed by atoms with van der Waals surface area (Å²) in [5, 5.41) is 0. The molecule has 2 heterocycles. The second kappa shape index (κ2) is 17.9. The Hall–Kier alpha value is -4.04. The van der Waals surface area contributed by atoms with E-state index in [-0.39, 0.29) is 62.1 Å². The van der Waals surface area contributed by atoms with Crippen LogP contribution in [0.15, 0.2) is 61.0 Å². The minimum absolute atomic E-state index is 0.0101. The molecule has 2 rings (SSSR count).